The summed E-state index contributed by atoms with van der Waals surface area (Å²) in [4.78, 5) is 30.2. The lowest BCUT2D eigenvalue weighted by Crippen LogP contribution is -2.27. The summed E-state index contributed by atoms with van der Waals surface area (Å²) in [6, 6.07) is 14.8. The van der Waals surface area contributed by atoms with Crippen molar-refractivity contribution in [2.24, 2.45) is 5.73 Å². The molecule has 1 amide bonds. The average Bonchev–Trinajstić information content (AvgIpc) is 3.57. The van der Waals surface area contributed by atoms with Crippen LogP contribution in [0.5, 0.6) is 5.75 Å². The molecule has 0 fully saturated rings. The number of anilines is 4. The standard InChI is InChI=1S/C30H40N10O4/c1-42-26-9-3-23(4-10-26)21-35-29-37-28(34-12-2-15-40-16-13-32-22-40)38-30(39-29)36-25-7-5-24(6-8-25)27(41)33-14-18-44-20-19-43-17-11-31/h3-10,13,16,22H,2,11-12,14-15,17-21,31H2,1H3,(H,33,41)(H3,34,35,36,37,38,39). The molecule has 0 saturated carbocycles. The second-order valence-electron chi connectivity index (χ2n) is 9.56. The van der Waals surface area contributed by atoms with Crippen LogP contribution in [0.3, 0.4) is 0 Å². The van der Waals surface area contributed by atoms with Crippen LogP contribution in [0.1, 0.15) is 22.3 Å². The van der Waals surface area contributed by atoms with E-state index < -0.39 is 0 Å². The topological polar surface area (TPSA) is 175 Å². The van der Waals surface area contributed by atoms with Gasteiger partial charge < -0.3 is 45.8 Å². The summed E-state index contributed by atoms with van der Waals surface area (Å²) in [7, 11) is 1.64. The Morgan fingerprint density at radius 3 is 2.30 bits per heavy atom. The van der Waals surface area contributed by atoms with Crippen LogP contribution in [0.2, 0.25) is 0 Å². The van der Waals surface area contributed by atoms with Gasteiger partial charge in [-0.2, -0.15) is 15.0 Å². The van der Waals surface area contributed by atoms with Gasteiger partial charge in [0.15, 0.2) is 0 Å². The number of carbonyl (C=O) groups is 1. The van der Waals surface area contributed by atoms with Crippen molar-refractivity contribution in [3.63, 3.8) is 0 Å². The number of rotatable bonds is 20. The number of methoxy groups -OCH3 is 1. The summed E-state index contributed by atoms with van der Waals surface area (Å²) in [6.07, 6.45) is 6.34. The van der Waals surface area contributed by atoms with Crippen LogP contribution in [-0.2, 0) is 22.6 Å². The van der Waals surface area contributed by atoms with E-state index in [9.17, 15) is 4.79 Å². The first-order chi connectivity index (χ1) is 21.6. The number of aryl methyl sites for hydroxylation is 1. The Labute approximate surface area is 256 Å². The van der Waals surface area contributed by atoms with Crippen LogP contribution in [0.25, 0.3) is 0 Å². The smallest absolute Gasteiger partial charge is 0.251 e. The Morgan fingerprint density at radius 2 is 1.59 bits per heavy atom. The number of amides is 1. The Morgan fingerprint density at radius 1 is 0.864 bits per heavy atom. The molecule has 0 aliphatic carbocycles. The van der Waals surface area contributed by atoms with Gasteiger partial charge in [0.25, 0.3) is 5.91 Å². The number of aromatic nitrogens is 5. The first-order valence-corrected chi connectivity index (χ1v) is 14.5. The fourth-order valence-electron chi connectivity index (χ4n) is 3.97. The van der Waals surface area contributed by atoms with Gasteiger partial charge in [-0.1, -0.05) is 12.1 Å². The minimum Gasteiger partial charge on any atom is -0.497 e. The van der Waals surface area contributed by atoms with Gasteiger partial charge in [0.2, 0.25) is 17.8 Å². The summed E-state index contributed by atoms with van der Waals surface area (Å²) in [5.74, 6) is 1.82. The van der Waals surface area contributed by atoms with Crippen molar-refractivity contribution in [1.82, 2.24) is 29.8 Å². The number of nitrogens with one attached hydrogen (secondary N) is 4. The molecular weight excluding hydrogens is 564 g/mol. The van der Waals surface area contributed by atoms with Gasteiger partial charge in [0.1, 0.15) is 5.75 Å². The molecule has 0 aliphatic heterocycles. The van der Waals surface area contributed by atoms with Crippen LogP contribution in [-0.4, -0.2) is 83.6 Å². The predicted molar refractivity (Wildman–Crippen MR) is 168 cm³/mol. The highest BCUT2D eigenvalue weighted by Crippen LogP contribution is 2.18. The summed E-state index contributed by atoms with van der Waals surface area (Å²) >= 11 is 0. The van der Waals surface area contributed by atoms with Crippen molar-refractivity contribution in [2.45, 2.75) is 19.5 Å². The zero-order valence-electron chi connectivity index (χ0n) is 24.9. The molecule has 0 bridgehead atoms. The van der Waals surface area contributed by atoms with Crippen LogP contribution in [0.15, 0.2) is 67.3 Å². The molecule has 0 saturated heterocycles. The number of carbonyl (C=O) groups excluding carboxylic acids is 1. The van der Waals surface area contributed by atoms with Gasteiger partial charge in [-0.25, -0.2) is 4.98 Å². The fourth-order valence-corrected chi connectivity index (χ4v) is 3.97. The predicted octanol–water partition coefficient (Wildman–Crippen LogP) is 2.66. The summed E-state index contributed by atoms with van der Waals surface area (Å²) < 4.78 is 18.0. The molecule has 0 unspecified atom stereocenters. The zero-order valence-corrected chi connectivity index (χ0v) is 24.9. The minimum atomic E-state index is -0.188. The number of imidazole rings is 1. The van der Waals surface area contributed by atoms with Gasteiger partial charge in [0, 0.05) is 56.4 Å². The van der Waals surface area contributed by atoms with E-state index in [0.717, 1.165) is 30.0 Å². The number of hydrogen-bond acceptors (Lipinski definition) is 12. The highest BCUT2D eigenvalue weighted by Gasteiger charge is 2.09. The third kappa shape index (κ3) is 11.1. The summed E-state index contributed by atoms with van der Waals surface area (Å²) in [5, 5.41) is 12.6. The highest BCUT2D eigenvalue weighted by atomic mass is 16.5. The summed E-state index contributed by atoms with van der Waals surface area (Å²) in [5.41, 5.74) is 7.67. The molecule has 234 valence electrons. The number of nitrogens with zero attached hydrogens (tertiary/aromatic N) is 5. The number of nitrogens with two attached hydrogens (primary N) is 1. The third-order valence-electron chi connectivity index (χ3n) is 6.25. The number of benzene rings is 2. The quantitative estimate of drug-likeness (QED) is 0.0934. The van der Waals surface area contributed by atoms with Crippen molar-refractivity contribution in [2.75, 3.05) is 69.1 Å². The fraction of sp³-hybridized carbons (Fsp3) is 0.367. The SMILES string of the molecule is COc1ccc(CNc2nc(NCCCn3ccnc3)nc(Nc3ccc(C(=O)NCCOCCOCCN)cc3)n2)cc1. The number of ether oxygens (including phenoxy) is 3. The molecule has 0 aliphatic rings. The highest BCUT2D eigenvalue weighted by molar-refractivity contribution is 5.94. The molecule has 14 heteroatoms. The van der Waals surface area contributed by atoms with Crippen molar-refractivity contribution < 1.29 is 19.0 Å². The van der Waals surface area contributed by atoms with E-state index in [4.69, 9.17) is 19.9 Å². The molecule has 4 rings (SSSR count). The molecule has 14 nitrogen and oxygen atoms in total. The van der Waals surface area contributed by atoms with E-state index in [-0.39, 0.29) is 5.91 Å². The lowest BCUT2D eigenvalue weighted by Gasteiger charge is -2.12. The van der Waals surface area contributed by atoms with Gasteiger partial charge in [-0.05, 0) is 48.4 Å². The second kappa shape index (κ2) is 18.0. The van der Waals surface area contributed by atoms with E-state index in [2.05, 4.69) is 41.2 Å². The first-order valence-electron chi connectivity index (χ1n) is 14.5. The van der Waals surface area contributed by atoms with E-state index in [1.807, 2.05) is 35.0 Å². The maximum atomic E-state index is 12.5. The van der Waals surface area contributed by atoms with Crippen LogP contribution in [0, 0.1) is 0 Å². The molecule has 0 spiro atoms. The zero-order chi connectivity index (χ0) is 30.8. The van der Waals surface area contributed by atoms with Crippen LogP contribution < -0.4 is 31.7 Å². The molecule has 0 radical (unpaired) electrons. The Kier molecular flexibility index (Phi) is 13.1. The van der Waals surface area contributed by atoms with Crippen molar-refractivity contribution in [3.8, 4) is 5.75 Å². The lowest BCUT2D eigenvalue weighted by atomic mass is 10.2. The second-order valence-corrected chi connectivity index (χ2v) is 9.56. The molecule has 2 aromatic heterocycles. The van der Waals surface area contributed by atoms with Gasteiger partial charge in [-0.3, -0.25) is 4.79 Å². The minimum absolute atomic E-state index is 0.188. The van der Waals surface area contributed by atoms with E-state index in [1.54, 1.807) is 43.9 Å². The van der Waals surface area contributed by atoms with E-state index in [0.29, 0.717) is 76.0 Å². The maximum Gasteiger partial charge on any atom is 0.251 e. The molecule has 6 N–H and O–H groups in total. The van der Waals surface area contributed by atoms with E-state index in [1.165, 1.54) is 0 Å². The number of hydrogen-bond donors (Lipinski definition) is 5. The van der Waals surface area contributed by atoms with Gasteiger partial charge >= 0.3 is 0 Å². The molecule has 4 aromatic rings. The van der Waals surface area contributed by atoms with Gasteiger partial charge in [-0.15, -0.1) is 0 Å². The van der Waals surface area contributed by atoms with Gasteiger partial charge in [0.05, 0.1) is 39.9 Å². The average molecular weight is 605 g/mol. The molecular formula is C30H40N10O4. The first kappa shape index (κ1) is 32.1. The molecule has 2 aromatic carbocycles. The Balaban J connectivity index is 1.32. The van der Waals surface area contributed by atoms with Crippen molar-refractivity contribution in [1.29, 1.82) is 0 Å². The Hall–Kier alpha value is -4.79. The largest absolute Gasteiger partial charge is 0.497 e. The van der Waals surface area contributed by atoms with Crippen LogP contribution >= 0.6 is 0 Å². The molecule has 44 heavy (non-hydrogen) atoms. The normalized spacial score (nSPS) is 10.8. The van der Waals surface area contributed by atoms with E-state index >= 15 is 0 Å². The monoisotopic (exact) mass is 604 g/mol. The lowest BCUT2D eigenvalue weighted by molar-refractivity contribution is 0.0511. The van der Waals surface area contributed by atoms with Crippen LogP contribution in [0.4, 0.5) is 23.5 Å². The van der Waals surface area contributed by atoms with Crippen molar-refractivity contribution in [3.05, 3.63) is 78.4 Å². The summed E-state index contributed by atoms with van der Waals surface area (Å²) in [6.45, 7) is 4.71. The third-order valence-corrected chi connectivity index (χ3v) is 6.25. The molecule has 0 atom stereocenters. The Bertz CT molecular complexity index is 1390. The molecule has 2 heterocycles. The van der Waals surface area contributed by atoms with Crippen molar-refractivity contribution >= 4 is 29.4 Å². The maximum absolute atomic E-state index is 12.5.